The Bertz CT molecular complexity index is 1080. The Labute approximate surface area is 166 Å². The van der Waals surface area contributed by atoms with E-state index in [-0.39, 0.29) is 24.6 Å². The van der Waals surface area contributed by atoms with E-state index in [9.17, 15) is 9.18 Å². The Hall–Kier alpha value is -3.23. The molecule has 5 rings (SSSR count). The molecule has 2 atom stereocenters. The smallest absolute Gasteiger partial charge is 0.257 e. The number of halogens is 1. The Balaban J connectivity index is 1.68. The topological polar surface area (TPSA) is 84.7 Å². The van der Waals surface area contributed by atoms with Crippen LogP contribution < -0.4 is 15.0 Å². The van der Waals surface area contributed by atoms with Crippen molar-refractivity contribution in [2.45, 2.75) is 38.3 Å². The highest BCUT2D eigenvalue weighted by Gasteiger charge is 2.32. The fourth-order valence-corrected chi connectivity index (χ4v) is 4.05. The minimum Gasteiger partial charge on any atom is -0.475 e. The average molecular weight is 396 g/mol. The molecular weight excluding hydrogens is 375 g/mol. The van der Waals surface area contributed by atoms with Crippen molar-refractivity contribution in [1.29, 1.82) is 0 Å². The molecule has 150 valence electrons. The summed E-state index contributed by atoms with van der Waals surface area (Å²) in [4.78, 5) is 23.9. The van der Waals surface area contributed by atoms with Crippen LogP contribution in [0.25, 0.3) is 5.65 Å². The molecule has 0 unspecified atom stereocenters. The molecule has 0 saturated carbocycles. The number of amides is 1. The monoisotopic (exact) mass is 396 g/mol. The highest BCUT2D eigenvalue weighted by atomic mass is 19.1. The SMILES string of the molecule is CC[C@@H]1COc2ncc(F)cc2[C@H]2CCCN2c2ccn3ncc(c3n2)C(=O)N1. The number of fused-ring (bicyclic) bond motifs is 5. The van der Waals surface area contributed by atoms with Gasteiger partial charge >= 0.3 is 0 Å². The summed E-state index contributed by atoms with van der Waals surface area (Å²) < 4.78 is 21.6. The molecule has 29 heavy (non-hydrogen) atoms. The summed E-state index contributed by atoms with van der Waals surface area (Å²) in [6.45, 7) is 2.99. The van der Waals surface area contributed by atoms with Gasteiger partial charge in [-0.3, -0.25) is 4.79 Å². The van der Waals surface area contributed by atoms with Crippen molar-refractivity contribution in [3.05, 3.63) is 47.7 Å². The van der Waals surface area contributed by atoms with E-state index in [2.05, 4.69) is 20.3 Å². The number of anilines is 1. The second kappa shape index (κ2) is 6.98. The highest BCUT2D eigenvalue weighted by Crippen LogP contribution is 2.39. The first kappa shape index (κ1) is 17.8. The number of carbonyl (C=O) groups excluding carboxylic acids is 1. The molecule has 3 aromatic rings. The summed E-state index contributed by atoms with van der Waals surface area (Å²) in [5.74, 6) is 0.477. The molecular formula is C20H21FN6O2. The van der Waals surface area contributed by atoms with Crippen molar-refractivity contribution in [1.82, 2.24) is 24.9 Å². The molecule has 9 heteroatoms. The van der Waals surface area contributed by atoms with Crippen molar-refractivity contribution in [2.24, 2.45) is 0 Å². The lowest BCUT2D eigenvalue weighted by atomic mass is 10.1. The molecule has 0 aliphatic carbocycles. The minimum absolute atomic E-state index is 0.0981. The largest absolute Gasteiger partial charge is 0.475 e. The molecule has 0 aromatic carbocycles. The molecule has 2 aliphatic heterocycles. The van der Waals surface area contributed by atoms with Gasteiger partial charge in [0.2, 0.25) is 5.88 Å². The van der Waals surface area contributed by atoms with Crippen LogP contribution >= 0.6 is 0 Å². The zero-order valence-corrected chi connectivity index (χ0v) is 16.0. The van der Waals surface area contributed by atoms with E-state index in [1.807, 2.05) is 13.0 Å². The van der Waals surface area contributed by atoms with Crippen LogP contribution in [0.5, 0.6) is 5.88 Å². The first-order valence-electron chi connectivity index (χ1n) is 9.84. The number of nitrogens with zero attached hydrogens (tertiary/aromatic N) is 5. The van der Waals surface area contributed by atoms with Crippen molar-refractivity contribution in [3.63, 3.8) is 0 Å². The number of ether oxygens (including phenoxy) is 1. The van der Waals surface area contributed by atoms with Gasteiger partial charge in [-0.25, -0.2) is 18.9 Å². The van der Waals surface area contributed by atoms with E-state index < -0.39 is 5.82 Å². The summed E-state index contributed by atoms with van der Waals surface area (Å²) in [5, 5.41) is 7.23. The molecule has 5 heterocycles. The van der Waals surface area contributed by atoms with E-state index in [0.29, 0.717) is 29.1 Å². The maximum absolute atomic E-state index is 14.1. The van der Waals surface area contributed by atoms with E-state index >= 15 is 0 Å². The molecule has 2 bridgehead atoms. The van der Waals surface area contributed by atoms with Crippen molar-refractivity contribution >= 4 is 17.4 Å². The number of carbonyl (C=O) groups is 1. The van der Waals surface area contributed by atoms with Crippen LogP contribution in [0.1, 0.15) is 48.1 Å². The average Bonchev–Trinajstić information content (AvgIpc) is 3.37. The van der Waals surface area contributed by atoms with Gasteiger partial charge in [-0.05, 0) is 31.4 Å². The van der Waals surface area contributed by atoms with Crippen LogP contribution in [-0.4, -0.2) is 44.7 Å². The van der Waals surface area contributed by atoms with Crippen molar-refractivity contribution < 1.29 is 13.9 Å². The Morgan fingerprint density at radius 1 is 1.38 bits per heavy atom. The van der Waals surface area contributed by atoms with Gasteiger partial charge in [-0.2, -0.15) is 5.10 Å². The van der Waals surface area contributed by atoms with Crippen LogP contribution in [0.2, 0.25) is 0 Å². The standard InChI is InChI=1S/C20H21FN6O2/c1-2-13-11-29-20-14(8-12(21)9-22-20)16-4-3-6-26(16)17-5-7-27-18(25-17)15(10-23-27)19(28)24-13/h5,7-10,13,16H,2-4,6,11H2,1H3,(H,24,28)/t13-,16-/m1/s1. The third kappa shape index (κ3) is 3.06. The van der Waals surface area contributed by atoms with Gasteiger partial charge in [-0.15, -0.1) is 0 Å². The maximum atomic E-state index is 14.1. The van der Waals surface area contributed by atoms with Gasteiger partial charge in [0.1, 0.15) is 23.8 Å². The number of rotatable bonds is 1. The molecule has 8 nitrogen and oxygen atoms in total. The van der Waals surface area contributed by atoms with E-state index in [0.717, 1.165) is 31.4 Å². The zero-order valence-electron chi connectivity index (χ0n) is 16.0. The van der Waals surface area contributed by atoms with Crippen LogP contribution in [0.3, 0.4) is 0 Å². The summed E-state index contributed by atoms with van der Waals surface area (Å²) in [6, 6.07) is 3.04. The van der Waals surface area contributed by atoms with Crippen LogP contribution in [0.4, 0.5) is 10.2 Å². The molecule has 2 aliphatic rings. The van der Waals surface area contributed by atoms with E-state index in [1.54, 1.807) is 10.7 Å². The van der Waals surface area contributed by atoms with Crippen molar-refractivity contribution in [3.8, 4) is 5.88 Å². The Morgan fingerprint density at radius 3 is 3.14 bits per heavy atom. The molecule has 1 fully saturated rings. The normalized spacial score (nSPS) is 21.6. The Morgan fingerprint density at radius 2 is 2.28 bits per heavy atom. The quantitative estimate of drug-likeness (QED) is 0.680. The zero-order chi connectivity index (χ0) is 20.0. The van der Waals surface area contributed by atoms with Crippen LogP contribution in [0.15, 0.2) is 30.7 Å². The summed E-state index contributed by atoms with van der Waals surface area (Å²) in [5.41, 5.74) is 1.62. The highest BCUT2D eigenvalue weighted by molar-refractivity contribution is 5.99. The van der Waals surface area contributed by atoms with E-state index in [1.165, 1.54) is 12.3 Å². The second-order valence-electron chi connectivity index (χ2n) is 7.40. The fraction of sp³-hybridized carbons (Fsp3) is 0.400. The van der Waals surface area contributed by atoms with Gasteiger partial charge in [0.15, 0.2) is 5.65 Å². The predicted molar refractivity (Wildman–Crippen MR) is 104 cm³/mol. The minimum atomic E-state index is -0.398. The Kier molecular flexibility index (Phi) is 4.30. The lowest BCUT2D eigenvalue weighted by molar-refractivity contribution is 0.0920. The van der Waals surface area contributed by atoms with Crippen molar-refractivity contribution in [2.75, 3.05) is 18.1 Å². The van der Waals surface area contributed by atoms with Gasteiger partial charge in [-0.1, -0.05) is 6.92 Å². The number of pyridine rings is 1. The van der Waals surface area contributed by atoms with Gasteiger partial charge in [0.25, 0.3) is 5.91 Å². The van der Waals surface area contributed by atoms with Gasteiger partial charge in [0.05, 0.1) is 24.5 Å². The lowest BCUT2D eigenvalue weighted by Crippen LogP contribution is -2.38. The van der Waals surface area contributed by atoms with E-state index in [4.69, 9.17) is 9.72 Å². The first-order valence-corrected chi connectivity index (χ1v) is 9.84. The van der Waals surface area contributed by atoms with Crippen LogP contribution in [-0.2, 0) is 0 Å². The molecule has 1 amide bonds. The number of hydrogen-bond donors (Lipinski definition) is 1. The fourth-order valence-electron chi connectivity index (χ4n) is 4.05. The first-order chi connectivity index (χ1) is 14.1. The van der Waals surface area contributed by atoms with Gasteiger partial charge in [0, 0.05) is 18.3 Å². The molecule has 1 N–H and O–H groups in total. The number of aromatic nitrogens is 4. The second-order valence-corrected chi connectivity index (χ2v) is 7.40. The molecule has 0 radical (unpaired) electrons. The predicted octanol–water partition coefficient (Wildman–Crippen LogP) is 2.51. The summed E-state index contributed by atoms with van der Waals surface area (Å²) >= 11 is 0. The molecule has 1 saturated heterocycles. The lowest BCUT2D eigenvalue weighted by Gasteiger charge is -2.27. The number of hydrogen-bond acceptors (Lipinski definition) is 6. The summed E-state index contributed by atoms with van der Waals surface area (Å²) in [7, 11) is 0. The summed E-state index contributed by atoms with van der Waals surface area (Å²) in [6.07, 6.45) is 6.95. The molecule has 0 spiro atoms. The third-order valence-corrected chi connectivity index (χ3v) is 5.60. The maximum Gasteiger partial charge on any atom is 0.257 e. The third-order valence-electron chi connectivity index (χ3n) is 5.60. The molecule has 3 aromatic heterocycles. The van der Waals surface area contributed by atoms with Gasteiger partial charge < -0.3 is 15.0 Å². The number of nitrogens with one attached hydrogen (secondary N) is 1. The van der Waals surface area contributed by atoms with Crippen LogP contribution in [0, 0.1) is 5.82 Å².